The van der Waals surface area contributed by atoms with Crippen molar-refractivity contribution >= 4 is 11.5 Å². The lowest BCUT2D eigenvalue weighted by Crippen LogP contribution is -2.27. The second kappa shape index (κ2) is 5.58. The van der Waals surface area contributed by atoms with Crippen molar-refractivity contribution in [2.75, 3.05) is 11.9 Å². The molecule has 0 saturated heterocycles. The smallest absolute Gasteiger partial charge is 0.311 e. The van der Waals surface area contributed by atoms with Gasteiger partial charge in [-0.25, -0.2) is 4.98 Å². The quantitative estimate of drug-likeness (QED) is 0.603. The van der Waals surface area contributed by atoms with Crippen molar-refractivity contribution in [1.29, 1.82) is 0 Å². The number of hydrogen-bond donors (Lipinski definition) is 2. The molecule has 94 valence electrons. The first-order valence-electron chi connectivity index (χ1n) is 5.45. The summed E-state index contributed by atoms with van der Waals surface area (Å²) in [5.74, 6) is 0.250. The molecule has 0 bridgehead atoms. The molecule has 6 nitrogen and oxygen atoms in total. The predicted molar refractivity (Wildman–Crippen MR) is 65.0 cm³/mol. The molecular weight excluding hydrogens is 222 g/mol. The zero-order chi connectivity index (χ0) is 13.0. The van der Waals surface area contributed by atoms with Crippen LogP contribution in [0.25, 0.3) is 0 Å². The molecule has 0 aliphatic carbocycles. The van der Waals surface area contributed by atoms with Crippen molar-refractivity contribution in [1.82, 2.24) is 4.98 Å². The number of nitrogens with zero attached hydrogens (tertiary/aromatic N) is 2. The Kier molecular flexibility index (Phi) is 4.39. The lowest BCUT2D eigenvalue weighted by atomic mass is 10.1. The Hall–Kier alpha value is -1.69. The van der Waals surface area contributed by atoms with Crippen molar-refractivity contribution in [3.05, 3.63) is 27.9 Å². The number of pyridine rings is 1. The average molecular weight is 239 g/mol. The van der Waals surface area contributed by atoms with Crippen LogP contribution in [0.5, 0.6) is 0 Å². The third-order valence-electron chi connectivity index (χ3n) is 2.72. The van der Waals surface area contributed by atoms with Crippen LogP contribution < -0.4 is 5.32 Å². The number of rotatable bonds is 5. The highest BCUT2D eigenvalue weighted by Crippen LogP contribution is 2.23. The van der Waals surface area contributed by atoms with E-state index in [0.29, 0.717) is 5.69 Å². The van der Waals surface area contributed by atoms with Gasteiger partial charge in [0.1, 0.15) is 0 Å². The monoisotopic (exact) mass is 239 g/mol. The van der Waals surface area contributed by atoms with E-state index < -0.39 is 4.92 Å². The van der Waals surface area contributed by atoms with Gasteiger partial charge in [0.05, 0.1) is 4.92 Å². The van der Waals surface area contributed by atoms with E-state index in [4.69, 9.17) is 5.11 Å². The van der Waals surface area contributed by atoms with Gasteiger partial charge in [0.15, 0.2) is 0 Å². The molecule has 1 rings (SSSR count). The van der Waals surface area contributed by atoms with Crippen molar-refractivity contribution in [3.63, 3.8) is 0 Å². The zero-order valence-electron chi connectivity index (χ0n) is 10.2. The lowest BCUT2D eigenvalue weighted by molar-refractivity contribution is -0.384. The summed E-state index contributed by atoms with van der Waals surface area (Å²) in [6.07, 6.45) is 0. The summed E-state index contributed by atoms with van der Waals surface area (Å²) < 4.78 is 0. The average Bonchev–Trinajstić information content (AvgIpc) is 2.27. The number of aliphatic hydroxyl groups is 1. The van der Waals surface area contributed by atoms with Crippen LogP contribution >= 0.6 is 0 Å². The van der Waals surface area contributed by atoms with Gasteiger partial charge < -0.3 is 10.4 Å². The molecule has 2 atom stereocenters. The summed E-state index contributed by atoms with van der Waals surface area (Å²) in [4.78, 5) is 14.5. The first-order valence-corrected chi connectivity index (χ1v) is 5.45. The van der Waals surface area contributed by atoms with E-state index in [1.165, 1.54) is 6.07 Å². The summed E-state index contributed by atoms with van der Waals surface area (Å²) in [7, 11) is 0. The molecule has 0 fully saturated rings. The zero-order valence-corrected chi connectivity index (χ0v) is 10.2. The number of hydrogen-bond acceptors (Lipinski definition) is 5. The van der Waals surface area contributed by atoms with Crippen LogP contribution in [-0.2, 0) is 0 Å². The second-order valence-corrected chi connectivity index (χ2v) is 4.17. The molecule has 2 N–H and O–H groups in total. The van der Waals surface area contributed by atoms with E-state index in [2.05, 4.69) is 10.3 Å². The van der Waals surface area contributed by atoms with Crippen LogP contribution in [0.15, 0.2) is 12.1 Å². The van der Waals surface area contributed by atoms with Crippen molar-refractivity contribution < 1.29 is 10.0 Å². The maximum absolute atomic E-state index is 10.8. The van der Waals surface area contributed by atoms with Crippen LogP contribution in [0.4, 0.5) is 11.5 Å². The van der Waals surface area contributed by atoms with E-state index >= 15 is 0 Å². The van der Waals surface area contributed by atoms with Crippen LogP contribution in [0.3, 0.4) is 0 Å². The van der Waals surface area contributed by atoms with Gasteiger partial charge in [-0.05, 0) is 25.8 Å². The Balaban J connectivity index is 2.96. The standard InChI is InChI=1S/C11H17N3O3/c1-7(6-15)9(3)13-11-10(14(16)17)5-4-8(2)12-11/h4-5,7,9,15H,6H2,1-3H3,(H,12,13). The molecule has 6 heteroatoms. The van der Waals surface area contributed by atoms with E-state index in [1.54, 1.807) is 13.0 Å². The largest absolute Gasteiger partial charge is 0.396 e. The SMILES string of the molecule is Cc1ccc([N+](=O)[O-])c(NC(C)C(C)CO)n1. The Morgan fingerprint density at radius 1 is 1.53 bits per heavy atom. The predicted octanol–water partition coefficient (Wildman–Crippen LogP) is 1.73. The second-order valence-electron chi connectivity index (χ2n) is 4.17. The van der Waals surface area contributed by atoms with Gasteiger partial charge in [0, 0.05) is 24.4 Å². The molecular formula is C11H17N3O3. The highest BCUT2D eigenvalue weighted by Gasteiger charge is 2.19. The molecule has 1 aromatic heterocycles. The van der Waals surface area contributed by atoms with Crippen molar-refractivity contribution in [2.24, 2.45) is 5.92 Å². The van der Waals surface area contributed by atoms with Gasteiger partial charge in [0.25, 0.3) is 0 Å². The van der Waals surface area contributed by atoms with Gasteiger partial charge in [-0.3, -0.25) is 10.1 Å². The van der Waals surface area contributed by atoms with Crippen LogP contribution in [0, 0.1) is 23.0 Å². The highest BCUT2D eigenvalue weighted by atomic mass is 16.6. The van der Waals surface area contributed by atoms with Gasteiger partial charge in [0.2, 0.25) is 5.82 Å². The molecule has 0 aromatic carbocycles. The fraction of sp³-hybridized carbons (Fsp3) is 0.545. The van der Waals surface area contributed by atoms with Crippen molar-refractivity contribution in [3.8, 4) is 0 Å². The number of nitrogens with one attached hydrogen (secondary N) is 1. The maximum Gasteiger partial charge on any atom is 0.311 e. The lowest BCUT2D eigenvalue weighted by Gasteiger charge is -2.19. The molecule has 1 aromatic rings. The van der Waals surface area contributed by atoms with Crippen molar-refractivity contribution in [2.45, 2.75) is 26.8 Å². The third kappa shape index (κ3) is 3.39. The first kappa shape index (κ1) is 13.4. The third-order valence-corrected chi connectivity index (χ3v) is 2.72. The Labute approximate surface area is 99.8 Å². The molecule has 0 amide bonds. The minimum atomic E-state index is -0.467. The summed E-state index contributed by atoms with van der Waals surface area (Å²) in [6, 6.07) is 2.94. The number of anilines is 1. The minimum absolute atomic E-state index is 0.00286. The van der Waals surface area contributed by atoms with Crippen LogP contribution in [0.1, 0.15) is 19.5 Å². The Bertz CT molecular complexity index is 409. The molecule has 17 heavy (non-hydrogen) atoms. The molecule has 1 heterocycles. The van der Waals surface area contributed by atoms with E-state index in [-0.39, 0.29) is 30.1 Å². The summed E-state index contributed by atoms with van der Waals surface area (Å²) in [5, 5.41) is 22.8. The summed E-state index contributed by atoms with van der Waals surface area (Å²) >= 11 is 0. The fourth-order valence-electron chi connectivity index (χ4n) is 1.32. The topological polar surface area (TPSA) is 88.3 Å². The summed E-state index contributed by atoms with van der Waals surface area (Å²) in [6.45, 7) is 5.51. The molecule has 0 saturated carbocycles. The summed E-state index contributed by atoms with van der Waals surface area (Å²) in [5.41, 5.74) is 0.662. The maximum atomic E-state index is 10.8. The van der Waals surface area contributed by atoms with E-state index in [1.807, 2.05) is 13.8 Å². The number of aliphatic hydroxyl groups excluding tert-OH is 1. The number of aryl methyl sites for hydroxylation is 1. The first-order chi connectivity index (χ1) is 7.95. The Morgan fingerprint density at radius 3 is 2.71 bits per heavy atom. The van der Waals surface area contributed by atoms with Gasteiger partial charge in [-0.15, -0.1) is 0 Å². The van der Waals surface area contributed by atoms with Gasteiger partial charge in [-0.2, -0.15) is 0 Å². The van der Waals surface area contributed by atoms with E-state index in [0.717, 1.165) is 0 Å². The minimum Gasteiger partial charge on any atom is -0.396 e. The highest BCUT2D eigenvalue weighted by molar-refractivity contribution is 5.56. The molecule has 0 spiro atoms. The van der Waals surface area contributed by atoms with Gasteiger partial charge in [-0.1, -0.05) is 6.92 Å². The molecule has 0 radical (unpaired) electrons. The Morgan fingerprint density at radius 2 is 2.18 bits per heavy atom. The molecule has 0 aliphatic rings. The van der Waals surface area contributed by atoms with Crippen LogP contribution in [-0.4, -0.2) is 27.7 Å². The fourth-order valence-corrected chi connectivity index (χ4v) is 1.32. The number of aromatic nitrogens is 1. The van der Waals surface area contributed by atoms with Gasteiger partial charge >= 0.3 is 5.69 Å². The molecule has 0 aliphatic heterocycles. The molecule has 2 unspecified atom stereocenters. The van der Waals surface area contributed by atoms with E-state index in [9.17, 15) is 10.1 Å². The van der Waals surface area contributed by atoms with Crippen LogP contribution in [0.2, 0.25) is 0 Å². The normalized spacial score (nSPS) is 14.1. The number of nitro groups is 1.